The molecule has 0 aliphatic carbocycles. The maximum atomic E-state index is 5.65. The highest BCUT2D eigenvalue weighted by Crippen LogP contribution is 2.21. The molecule has 0 bridgehead atoms. The van der Waals surface area contributed by atoms with Gasteiger partial charge in [-0.3, -0.25) is 0 Å². The second-order valence-corrected chi connectivity index (χ2v) is 5.29. The summed E-state index contributed by atoms with van der Waals surface area (Å²) in [6.45, 7) is 7.05. The Labute approximate surface area is 102 Å². The third-order valence-corrected chi connectivity index (χ3v) is 2.80. The van der Waals surface area contributed by atoms with Crippen LogP contribution in [0.25, 0.3) is 5.69 Å². The summed E-state index contributed by atoms with van der Waals surface area (Å²) in [6.07, 6.45) is 3.94. The van der Waals surface area contributed by atoms with Crippen LogP contribution in [0.1, 0.15) is 32.0 Å². The first-order valence-electron chi connectivity index (χ1n) is 5.84. The number of rotatable bonds is 2. The van der Waals surface area contributed by atoms with Gasteiger partial charge in [-0.25, -0.2) is 4.98 Å². The van der Waals surface area contributed by atoms with Crippen molar-refractivity contribution >= 4 is 0 Å². The molecule has 0 fully saturated rings. The molecule has 17 heavy (non-hydrogen) atoms. The van der Waals surface area contributed by atoms with Gasteiger partial charge in [0.2, 0.25) is 0 Å². The molecule has 0 spiro atoms. The average Bonchev–Trinajstić information content (AvgIpc) is 2.78. The molecule has 0 saturated carbocycles. The SMILES string of the molecule is CC(C)(C)c1cn(-c2cccc(CN)c2)cn1. The summed E-state index contributed by atoms with van der Waals surface area (Å²) >= 11 is 0. The molecule has 1 heterocycles. The van der Waals surface area contributed by atoms with E-state index in [0.29, 0.717) is 6.54 Å². The molecule has 2 aromatic rings. The molecule has 0 aliphatic rings. The van der Waals surface area contributed by atoms with Crippen LogP contribution >= 0.6 is 0 Å². The first kappa shape index (κ1) is 11.9. The summed E-state index contributed by atoms with van der Waals surface area (Å²) in [4.78, 5) is 4.45. The Balaban J connectivity index is 2.37. The lowest BCUT2D eigenvalue weighted by molar-refractivity contribution is 0.572. The van der Waals surface area contributed by atoms with Crippen molar-refractivity contribution in [3.8, 4) is 5.69 Å². The van der Waals surface area contributed by atoms with Crippen molar-refractivity contribution in [2.24, 2.45) is 5.73 Å². The van der Waals surface area contributed by atoms with Crippen molar-refractivity contribution in [3.05, 3.63) is 48.0 Å². The highest BCUT2D eigenvalue weighted by atomic mass is 15.0. The van der Waals surface area contributed by atoms with E-state index in [-0.39, 0.29) is 5.41 Å². The molecule has 2 N–H and O–H groups in total. The fraction of sp³-hybridized carbons (Fsp3) is 0.357. The number of nitrogens with zero attached hydrogens (tertiary/aromatic N) is 2. The van der Waals surface area contributed by atoms with Gasteiger partial charge in [-0.2, -0.15) is 0 Å². The van der Waals surface area contributed by atoms with Crippen LogP contribution in [0.3, 0.4) is 0 Å². The van der Waals surface area contributed by atoms with E-state index in [9.17, 15) is 0 Å². The van der Waals surface area contributed by atoms with Gasteiger partial charge in [0.15, 0.2) is 0 Å². The predicted molar refractivity (Wildman–Crippen MR) is 70.2 cm³/mol. The Hall–Kier alpha value is -1.61. The van der Waals surface area contributed by atoms with E-state index in [1.165, 1.54) is 0 Å². The first-order valence-corrected chi connectivity index (χ1v) is 5.84. The van der Waals surface area contributed by atoms with Gasteiger partial charge >= 0.3 is 0 Å². The zero-order valence-electron chi connectivity index (χ0n) is 10.6. The third-order valence-electron chi connectivity index (χ3n) is 2.80. The fourth-order valence-corrected chi connectivity index (χ4v) is 1.70. The summed E-state index contributed by atoms with van der Waals surface area (Å²) in [5.41, 5.74) is 9.06. The van der Waals surface area contributed by atoms with Gasteiger partial charge in [0.25, 0.3) is 0 Å². The molecule has 3 heteroatoms. The van der Waals surface area contributed by atoms with Crippen LogP contribution in [0.2, 0.25) is 0 Å². The van der Waals surface area contributed by atoms with Gasteiger partial charge in [-0.15, -0.1) is 0 Å². The minimum atomic E-state index is 0.0801. The van der Waals surface area contributed by atoms with Gasteiger partial charge < -0.3 is 10.3 Å². The number of hydrogen-bond acceptors (Lipinski definition) is 2. The Morgan fingerprint density at radius 3 is 2.65 bits per heavy atom. The van der Waals surface area contributed by atoms with E-state index in [2.05, 4.69) is 44.1 Å². The summed E-state index contributed by atoms with van der Waals surface area (Å²) in [6, 6.07) is 8.21. The third kappa shape index (κ3) is 2.56. The molecule has 90 valence electrons. The van der Waals surface area contributed by atoms with Crippen LogP contribution < -0.4 is 5.73 Å². The quantitative estimate of drug-likeness (QED) is 0.860. The Morgan fingerprint density at radius 2 is 2.06 bits per heavy atom. The van der Waals surface area contributed by atoms with E-state index in [0.717, 1.165) is 16.9 Å². The lowest BCUT2D eigenvalue weighted by Gasteiger charge is -2.14. The topological polar surface area (TPSA) is 43.8 Å². The number of hydrogen-bond donors (Lipinski definition) is 1. The van der Waals surface area contributed by atoms with Crippen LogP contribution in [-0.4, -0.2) is 9.55 Å². The predicted octanol–water partition coefficient (Wildman–Crippen LogP) is 2.63. The monoisotopic (exact) mass is 229 g/mol. The minimum absolute atomic E-state index is 0.0801. The summed E-state index contributed by atoms with van der Waals surface area (Å²) in [5, 5.41) is 0. The van der Waals surface area contributed by atoms with Gasteiger partial charge in [-0.1, -0.05) is 32.9 Å². The van der Waals surface area contributed by atoms with Crippen LogP contribution in [0.4, 0.5) is 0 Å². The van der Waals surface area contributed by atoms with Crippen molar-refractivity contribution in [1.29, 1.82) is 0 Å². The van der Waals surface area contributed by atoms with Crippen LogP contribution in [0.15, 0.2) is 36.8 Å². The number of benzene rings is 1. The first-order chi connectivity index (χ1) is 8.00. The van der Waals surface area contributed by atoms with Gasteiger partial charge in [0.05, 0.1) is 12.0 Å². The lowest BCUT2D eigenvalue weighted by Crippen LogP contribution is -2.11. The van der Waals surface area contributed by atoms with Crippen molar-refractivity contribution in [2.45, 2.75) is 32.7 Å². The van der Waals surface area contributed by atoms with Crippen LogP contribution in [0.5, 0.6) is 0 Å². The van der Waals surface area contributed by atoms with E-state index in [1.54, 1.807) is 0 Å². The Kier molecular flexibility index (Phi) is 3.03. The fourth-order valence-electron chi connectivity index (χ4n) is 1.70. The Morgan fingerprint density at radius 1 is 1.29 bits per heavy atom. The second-order valence-electron chi connectivity index (χ2n) is 5.29. The van der Waals surface area contributed by atoms with Crippen LogP contribution in [0, 0.1) is 0 Å². The van der Waals surface area contributed by atoms with Crippen molar-refractivity contribution in [2.75, 3.05) is 0 Å². The minimum Gasteiger partial charge on any atom is -0.326 e. The number of nitrogens with two attached hydrogens (primary N) is 1. The number of imidazole rings is 1. The van der Waals surface area contributed by atoms with Gasteiger partial charge in [-0.05, 0) is 17.7 Å². The van der Waals surface area contributed by atoms with Crippen molar-refractivity contribution in [1.82, 2.24) is 9.55 Å². The molecule has 0 unspecified atom stereocenters. The molecular weight excluding hydrogens is 210 g/mol. The average molecular weight is 229 g/mol. The molecule has 0 atom stereocenters. The lowest BCUT2D eigenvalue weighted by atomic mass is 9.93. The second kappa shape index (κ2) is 4.34. The zero-order valence-corrected chi connectivity index (χ0v) is 10.6. The number of aromatic nitrogens is 2. The van der Waals surface area contributed by atoms with E-state index in [4.69, 9.17) is 5.73 Å². The maximum absolute atomic E-state index is 5.65. The molecule has 0 amide bonds. The largest absolute Gasteiger partial charge is 0.326 e. The summed E-state index contributed by atoms with van der Waals surface area (Å²) in [7, 11) is 0. The normalized spacial score (nSPS) is 11.8. The standard InChI is InChI=1S/C14H19N3/c1-14(2,3)13-9-17(10-16-13)12-6-4-5-11(7-12)8-15/h4-7,9-10H,8,15H2,1-3H3. The molecule has 2 rings (SSSR count). The van der Waals surface area contributed by atoms with E-state index < -0.39 is 0 Å². The molecule has 3 nitrogen and oxygen atoms in total. The molecule has 1 aromatic heterocycles. The van der Waals surface area contributed by atoms with Gasteiger partial charge in [0, 0.05) is 23.8 Å². The molecule has 0 saturated heterocycles. The van der Waals surface area contributed by atoms with Crippen LogP contribution in [-0.2, 0) is 12.0 Å². The summed E-state index contributed by atoms with van der Waals surface area (Å²) in [5.74, 6) is 0. The van der Waals surface area contributed by atoms with Crippen molar-refractivity contribution in [3.63, 3.8) is 0 Å². The molecule has 0 radical (unpaired) electrons. The van der Waals surface area contributed by atoms with Gasteiger partial charge in [0.1, 0.15) is 0 Å². The highest BCUT2D eigenvalue weighted by molar-refractivity contribution is 5.36. The summed E-state index contributed by atoms with van der Waals surface area (Å²) < 4.78 is 2.04. The zero-order chi connectivity index (χ0) is 12.5. The highest BCUT2D eigenvalue weighted by Gasteiger charge is 2.16. The smallest absolute Gasteiger partial charge is 0.0995 e. The maximum Gasteiger partial charge on any atom is 0.0995 e. The van der Waals surface area contributed by atoms with E-state index in [1.807, 2.05) is 23.0 Å². The Bertz CT molecular complexity index is 506. The molecular formula is C14H19N3. The van der Waals surface area contributed by atoms with E-state index >= 15 is 0 Å². The van der Waals surface area contributed by atoms with Crippen molar-refractivity contribution < 1.29 is 0 Å². The molecule has 1 aromatic carbocycles. The molecule has 0 aliphatic heterocycles.